The van der Waals surface area contributed by atoms with Crippen LogP contribution < -0.4 is 10.6 Å². The van der Waals surface area contributed by atoms with Crippen LogP contribution in [0.5, 0.6) is 0 Å². The summed E-state index contributed by atoms with van der Waals surface area (Å²) in [7, 11) is 0. The summed E-state index contributed by atoms with van der Waals surface area (Å²) in [6.07, 6.45) is 0.908. The summed E-state index contributed by atoms with van der Waals surface area (Å²) in [6, 6.07) is 14.6. The molecule has 2 N–H and O–H groups in total. The summed E-state index contributed by atoms with van der Waals surface area (Å²) < 4.78 is 0. The molecule has 0 radical (unpaired) electrons. The summed E-state index contributed by atoms with van der Waals surface area (Å²) in [5.74, 6) is 0. The van der Waals surface area contributed by atoms with Crippen molar-refractivity contribution in [2.75, 3.05) is 31.5 Å². The van der Waals surface area contributed by atoms with E-state index in [0.717, 1.165) is 18.7 Å². The van der Waals surface area contributed by atoms with Gasteiger partial charge in [-0.3, -0.25) is 0 Å². The molecule has 6 heteroatoms. The van der Waals surface area contributed by atoms with Gasteiger partial charge < -0.3 is 20.4 Å². The normalized spacial score (nSPS) is 18.2. The molecule has 0 aromatic heterocycles. The lowest BCUT2D eigenvalue weighted by molar-refractivity contribution is 0.0922. The second kappa shape index (κ2) is 5.76. The highest BCUT2D eigenvalue weighted by Gasteiger charge is 2.38. The van der Waals surface area contributed by atoms with Crippen molar-refractivity contribution < 1.29 is 9.59 Å². The van der Waals surface area contributed by atoms with Gasteiger partial charge >= 0.3 is 12.1 Å². The van der Waals surface area contributed by atoms with Gasteiger partial charge in [0.2, 0.25) is 0 Å². The minimum absolute atomic E-state index is 0.0201. The Kier molecular flexibility index (Phi) is 3.38. The second-order valence-electron chi connectivity index (χ2n) is 7.12. The molecule has 3 aliphatic rings. The van der Waals surface area contributed by atoms with Crippen molar-refractivity contribution in [2.45, 2.75) is 12.5 Å². The maximum atomic E-state index is 12.5. The lowest BCUT2D eigenvalue weighted by atomic mass is 10.1. The Morgan fingerprint density at radius 1 is 1.08 bits per heavy atom. The molecule has 6 nitrogen and oxygen atoms in total. The molecule has 4 amide bonds. The molecule has 26 heavy (non-hydrogen) atoms. The van der Waals surface area contributed by atoms with Gasteiger partial charge in [-0.25, -0.2) is 9.59 Å². The van der Waals surface area contributed by atoms with Gasteiger partial charge in [0, 0.05) is 31.9 Å². The van der Waals surface area contributed by atoms with Gasteiger partial charge in [0.15, 0.2) is 0 Å². The van der Waals surface area contributed by atoms with Crippen LogP contribution in [0.1, 0.15) is 11.1 Å². The first-order chi connectivity index (χ1) is 12.7. The summed E-state index contributed by atoms with van der Waals surface area (Å²) in [6.45, 7) is 2.61. The summed E-state index contributed by atoms with van der Waals surface area (Å²) in [5.41, 5.74) is 5.95. The maximum absolute atomic E-state index is 12.5. The van der Waals surface area contributed by atoms with E-state index in [4.69, 9.17) is 0 Å². The van der Waals surface area contributed by atoms with Gasteiger partial charge in [0.1, 0.15) is 0 Å². The number of urea groups is 2. The Morgan fingerprint density at radius 2 is 1.88 bits per heavy atom. The van der Waals surface area contributed by atoms with Crippen LogP contribution in [0.4, 0.5) is 15.3 Å². The Morgan fingerprint density at radius 3 is 2.69 bits per heavy atom. The topological polar surface area (TPSA) is 64.7 Å². The van der Waals surface area contributed by atoms with E-state index in [9.17, 15) is 9.59 Å². The van der Waals surface area contributed by atoms with E-state index in [0.29, 0.717) is 19.6 Å². The SMILES string of the molecule is O=C(Nc1ccc2c(c1)Cc1ccccc1-2)N1CC(N2CCNC2=O)C1. The third kappa shape index (κ3) is 2.41. The van der Waals surface area contributed by atoms with E-state index in [1.165, 1.54) is 22.3 Å². The second-order valence-corrected chi connectivity index (χ2v) is 7.12. The molecule has 2 aliphatic heterocycles. The first-order valence-electron chi connectivity index (χ1n) is 9.00. The molecule has 2 aromatic rings. The van der Waals surface area contributed by atoms with E-state index in [2.05, 4.69) is 47.0 Å². The molecule has 0 saturated carbocycles. The molecule has 5 rings (SSSR count). The standard InChI is InChI=1S/C20H20N4O2/c25-19-21-7-8-24(19)16-11-23(12-16)20(26)22-15-5-6-18-14(10-15)9-13-3-1-2-4-17(13)18/h1-6,10,16H,7-9,11-12H2,(H,21,25)(H,22,26). The molecule has 2 heterocycles. The molecule has 132 valence electrons. The Labute approximate surface area is 151 Å². The molecule has 0 bridgehead atoms. The molecular formula is C20H20N4O2. The monoisotopic (exact) mass is 348 g/mol. The van der Waals surface area contributed by atoms with Crippen molar-refractivity contribution in [3.63, 3.8) is 0 Å². The average Bonchev–Trinajstić information content (AvgIpc) is 3.17. The van der Waals surface area contributed by atoms with Crippen molar-refractivity contribution in [1.29, 1.82) is 0 Å². The Bertz CT molecular complexity index is 904. The van der Waals surface area contributed by atoms with E-state index >= 15 is 0 Å². The van der Waals surface area contributed by atoms with Crippen LogP contribution in [-0.4, -0.2) is 54.1 Å². The number of nitrogens with zero attached hydrogens (tertiary/aromatic N) is 2. The van der Waals surface area contributed by atoms with Crippen molar-refractivity contribution in [1.82, 2.24) is 15.1 Å². The van der Waals surface area contributed by atoms with Gasteiger partial charge in [0.25, 0.3) is 0 Å². The highest BCUT2D eigenvalue weighted by molar-refractivity contribution is 5.91. The van der Waals surface area contributed by atoms with Crippen molar-refractivity contribution in [3.05, 3.63) is 53.6 Å². The molecule has 2 saturated heterocycles. The maximum Gasteiger partial charge on any atom is 0.321 e. The Hall–Kier alpha value is -3.02. The number of rotatable bonds is 2. The van der Waals surface area contributed by atoms with Crippen LogP contribution in [0.25, 0.3) is 11.1 Å². The molecular weight excluding hydrogens is 328 g/mol. The van der Waals surface area contributed by atoms with Crippen LogP contribution in [-0.2, 0) is 6.42 Å². The molecule has 2 fully saturated rings. The molecule has 2 aromatic carbocycles. The molecule has 0 atom stereocenters. The van der Waals surface area contributed by atoms with Crippen LogP contribution >= 0.6 is 0 Å². The molecule has 1 aliphatic carbocycles. The fraction of sp³-hybridized carbons (Fsp3) is 0.300. The number of carbonyl (C=O) groups is 2. The van der Waals surface area contributed by atoms with Crippen molar-refractivity contribution >= 4 is 17.7 Å². The van der Waals surface area contributed by atoms with Crippen molar-refractivity contribution in [2.24, 2.45) is 0 Å². The fourth-order valence-electron chi connectivity index (χ4n) is 4.08. The number of likely N-dealkylation sites (tertiary alicyclic amines) is 1. The summed E-state index contributed by atoms with van der Waals surface area (Å²) >= 11 is 0. The predicted octanol–water partition coefficient (Wildman–Crippen LogP) is 2.50. The number of anilines is 1. The summed E-state index contributed by atoms with van der Waals surface area (Å²) in [4.78, 5) is 27.7. The van der Waals surface area contributed by atoms with Crippen molar-refractivity contribution in [3.8, 4) is 11.1 Å². The predicted molar refractivity (Wildman–Crippen MR) is 99.2 cm³/mol. The van der Waals surface area contributed by atoms with Gasteiger partial charge in [-0.1, -0.05) is 30.3 Å². The quantitative estimate of drug-likeness (QED) is 0.747. The van der Waals surface area contributed by atoms with E-state index in [-0.39, 0.29) is 18.1 Å². The number of carbonyl (C=O) groups excluding carboxylic acids is 2. The third-order valence-electron chi connectivity index (χ3n) is 5.53. The number of hydrogen-bond donors (Lipinski definition) is 2. The van der Waals surface area contributed by atoms with Gasteiger partial charge in [-0.15, -0.1) is 0 Å². The number of nitrogens with one attached hydrogen (secondary N) is 2. The van der Waals surface area contributed by atoms with Gasteiger partial charge in [-0.05, 0) is 40.8 Å². The summed E-state index contributed by atoms with van der Waals surface area (Å²) in [5, 5.41) is 5.79. The van der Waals surface area contributed by atoms with Gasteiger partial charge in [0.05, 0.1) is 6.04 Å². The lowest BCUT2D eigenvalue weighted by Crippen LogP contribution is -2.62. The number of fused-ring (bicyclic) bond motifs is 3. The molecule has 0 spiro atoms. The zero-order chi connectivity index (χ0) is 17.7. The van der Waals surface area contributed by atoms with Crippen LogP contribution in [0.3, 0.4) is 0 Å². The number of benzene rings is 2. The third-order valence-corrected chi connectivity index (χ3v) is 5.53. The largest absolute Gasteiger partial charge is 0.336 e. The van der Waals surface area contributed by atoms with Crippen LogP contribution in [0, 0.1) is 0 Å². The first kappa shape index (κ1) is 15.3. The average molecular weight is 348 g/mol. The minimum Gasteiger partial charge on any atom is -0.336 e. The van der Waals surface area contributed by atoms with Gasteiger partial charge in [-0.2, -0.15) is 0 Å². The van der Waals surface area contributed by atoms with Crippen LogP contribution in [0.2, 0.25) is 0 Å². The van der Waals surface area contributed by atoms with E-state index in [1.807, 2.05) is 11.0 Å². The highest BCUT2D eigenvalue weighted by Crippen LogP contribution is 2.37. The minimum atomic E-state index is -0.101. The first-order valence-corrected chi connectivity index (χ1v) is 9.00. The smallest absolute Gasteiger partial charge is 0.321 e. The highest BCUT2D eigenvalue weighted by atomic mass is 16.2. The number of hydrogen-bond acceptors (Lipinski definition) is 2. The fourth-order valence-corrected chi connectivity index (χ4v) is 4.08. The van der Waals surface area contributed by atoms with Crippen LogP contribution in [0.15, 0.2) is 42.5 Å². The van der Waals surface area contributed by atoms with E-state index < -0.39 is 0 Å². The zero-order valence-electron chi connectivity index (χ0n) is 14.4. The van der Waals surface area contributed by atoms with E-state index in [1.54, 1.807) is 4.90 Å². The zero-order valence-corrected chi connectivity index (χ0v) is 14.4. The molecule has 0 unspecified atom stereocenters. The lowest BCUT2D eigenvalue weighted by Gasteiger charge is -2.43. The Balaban J connectivity index is 1.23. The number of amides is 4.